The fourth-order valence-corrected chi connectivity index (χ4v) is 1.72. The number of aliphatic carboxylic acids is 2. The van der Waals surface area contributed by atoms with Gasteiger partial charge in [0.25, 0.3) is 0 Å². The predicted octanol–water partition coefficient (Wildman–Crippen LogP) is 0.129. The fourth-order valence-electron chi connectivity index (χ4n) is 0.737. The first-order chi connectivity index (χ1) is 9.36. The van der Waals surface area contributed by atoms with E-state index in [0.717, 1.165) is 11.5 Å². The number of rotatable bonds is 8. The van der Waals surface area contributed by atoms with E-state index in [1.165, 1.54) is 0 Å². The molecule has 0 bridgehead atoms. The normalized spacial score (nSPS) is 11.4. The molecule has 0 aliphatic carbocycles. The minimum atomic E-state index is -0.913. The van der Waals surface area contributed by atoms with Crippen LogP contribution in [-0.2, 0) is 22.1 Å². The summed E-state index contributed by atoms with van der Waals surface area (Å²) < 4.78 is 7.83. The van der Waals surface area contributed by atoms with Crippen molar-refractivity contribution in [2.45, 2.75) is 24.9 Å². The van der Waals surface area contributed by atoms with Crippen LogP contribution in [0.15, 0.2) is 0 Å². The second-order valence-corrected chi connectivity index (χ2v) is 5.42. The maximum absolute atomic E-state index is 10.1. The van der Waals surface area contributed by atoms with Crippen molar-refractivity contribution in [2.75, 3.05) is 24.0 Å². The van der Waals surface area contributed by atoms with Crippen LogP contribution in [0.2, 0.25) is 0 Å². The molecular weight excluding hydrogens is 338 g/mol. The van der Waals surface area contributed by atoms with Gasteiger partial charge in [-0.1, -0.05) is 0 Å². The highest BCUT2D eigenvalue weighted by molar-refractivity contribution is 7.98. The Morgan fingerprint density at radius 1 is 0.952 bits per heavy atom. The van der Waals surface area contributed by atoms with E-state index < -0.39 is 24.0 Å². The zero-order valence-corrected chi connectivity index (χ0v) is 14.6. The number of carboxylic acids is 2. The third-order valence-electron chi connectivity index (χ3n) is 1.90. The molecule has 11 heteroatoms. The molecule has 0 spiro atoms. The maximum Gasteiger partial charge on any atom is 0.320 e. The van der Waals surface area contributed by atoms with Crippen molar-refractivity contribution in [3.8, 4) is 0 Å². The van der Waals surface area contributed by atoms with Crippen molar-refractivity contribution in [1.82, 2.24) is 6.15 Å². The molecule has 0 saturated carbocycles. The summed E-state index contributed by atoms with van der Waals surface area (Å²) in [5.74, 6) is -0.200. The second kappa shape index (κ2) is 21.8. The molecule has 0 aromatic rings. The van der Waals surface area contributed by atoms with E-state index in [-0.39, 0.29) is 6.15 Å². The Morgan fingerprint density at radius 3 is 1.33 bits per heavy atom. The number of nitrogens with two attached hydrogens (primary N) is 2. The summed E-state index contributed by atoms with van der Waals surface area (Å²) in [4.78, 5) is 20.1. The topological polar surface area (TPSA) is 179 Å². The quantitative estimate of drug-likeness (QED) is 0.395. The zero-order chi connectivity index (χ0) is 16.6. The molecule has 0 aromatic carbocycles. The molecule has 0 aliphatic heterocycles. The second-order valence-electron chi connectivity index (χ2n) is 3.45. The molecule has 0 heterocycles. The van der Waals surface area contributed by atoms with Gasteiger partial charge in [-0.05, 0) is 36.9 Å². The molecule has 0 aliphatic rings. The molecule has 0 unspecified atom stereocenters. The van der Waals surface area contributed by atoms with Crippen LogP contribution in [-0.4, -0.2) is 62.5 Å². The first-order valence-electron chi connectivity index (χ1n) is 5.48. The minimum absolute atomic E-state index is 0. The smallest absolute Gasteiger partial charge is 0.320 e. The van der Waals surface area contributed by atoms with E-state index in [1.807, 2.05) is 12.5 Å². The average molecular weight is 364 g/mol. The molecule has 0 radical (unpaired) electrons. The Kier molecular flexibility index (Phi) is 29.8. The van der Waals surface area contributed by atoms with Crippen LogP contribution in [0.4, 0.5) is 0 Å². The first-order valence-corrected chi connectivity index (χ1v) is 8.60. The van der Waals surface area contributed by atoms with Crippen molar-refractivity contribution in [1.29, 1.82) is 0 Å². The van der Waals surface area contributed by atoms with Crippen molar-refractivity contribution in [2.24, 2.45) is 11.5 Å². The maximum atomic E-state index is 10.1. The number of carboxylic acid groups (broad SMARTS) is 2. The van der Waals surface area contributed by atoms with Gasteiger partial charge < -0.3 is 27.8 Å². The molecule has 0 saturated heterocycles. The molecule has 21 heavy (non-hydrogen) atoms. The van der Waals surface area contributed by atoms with E-state index >= 15 is 0 Å². The van der Waals surface area contributed by atoms with Crippen molar-refractivity contribution in [3.63, 3.8) is 0 Å². The molecular formula is C10H25N3O5S3. The summed E-state index contributed by atoms with van der Waals surface area (Å²) in [7, 11) is 0. The third-order valence-corrected chi connectivity index (χ3v) is 3.19. The number of thioether (sulfide) groups is 2. The Morgan fingerprint density at radius 2 is 1.19 bits per heavy atom. The van der Waals surface area contributed by atoms with Gasteiger partial charge >= 0.3 is 11.9 Å². The van der Waals surface area contributed by atoms with Gasteiger partial charge in [-0.15, -0.1) is 0 Å². The molecule has 0 aromatic heterocycles. The summed E-state index contributed by atoms with van der Waals surface area (Å²) in [5, 5.41) is 16.5. The average Bonchev–Trinajstić information content (AvgIpc) is 2.44. The lowest BCUT2D eigenvalue weighted by molar-refractivity contribution is -0.139. The predicted molar refractivity (Wildman–Crippen MR) is 90.4 cm³/mol. The van der Waals surface area contributed by atoms with Crippen LogP contribution >= 0.6 is 23.5 Å². The molecule has 0 amide bonds. The summed E-state index contributed by atoms with van der Waals surface area (Å²) in [6.07, 6.45) is 4.95. The highest BCUT2D eigenvalue weighted by Gasteiger charge is 2.09. The van der Waals surface area contributed by atoms with E-state index in [4.69, 9.17) is 25.9 Å². The monoisotopic (exact) mass is 363 g/mol. The molecule has 0 rings (SSSR count). The lowest BCUT2D eigenvalue weighted by Crippen LogP contribution is -2.30. The van der Waals surface area contributed by atoms with Crippen LogP contribution in [0, 0.1) is 0 Å². The lowest BCUT2D eigenvalue weighted by atomic mass is 10.2. The Labute approximate surface area is 138 Å². The highest BCUT2D eigenvalue weighted by Crippen LogP contribution is 1.98. The van der Waals surface area contributed by atoms with E-state index in [1.54, 1.807) is 23.5 Å². The highest BCUT2D eigenvalue weighted by atomic mass is 32.2. The molecule has 128 valence electrons. The van der Waals surface area contributed by atoms with Gasteiger partial charge in [-0.3, -0.25) is 9.59 Å². The van der Waals surface area contributed by atoms with Gasteiger partial charge in [0.05, 0.1) is 0 Å². The van der Waals surface area contributed by atoms with Crippen LogP contribution in [0.25, 0.3) is 0 Å². The van der Waals surface area contributed by atoms with Crippen molar-refractivity contribution in [3.05, 3.63) is 0 Å². The van der Waals surface area contributed by atoms with Gasteiger partial charge in [-0.2, -0.15) is 27.7 Å². The summed E-state index contributed by atoms with van der Waals surface area (Å²) in [6, 6.07) is -1.37. The number of hydrogen-bond acceptors (Lipinski definition) is 9. The number of hydrogen-bond donors (Lipinski definition) is 5. The minimum Gasteiger partial charge on any atom is -0.480 e. The molecule has 8 nitrogen and oxygen atoms in total. The Bertz CT molecular complexity index is 238. The SMILES string of the molecule is CSCC[C@H](N)C(=O)O.CSCC[C@H](N)C(=O)O.N.O=S. The molecule has 2 atom stereocenters. The van der Waals surface area contributed by atoms with Gasteiger partial charge in [0.2, 0.25) is 0 Å². The van der Waals surface area contributed by atoms with Crippen LogP contribution in [0.5, 0.6) is 0 Å². The van der Waals surface area contributed by atoms with Crippen LogP contribution < -0.4 is 17.6 Å². The van der Waals surface area contributed by atoms with E-state index in [2.05, 4.69) is 12.5 Å². The third kappa shape index (κ3) is 24.9. The number of carbonyl (C=O) groups is 2. The molecule has 0 fully saturated rings. The van der Waals surface area contributed by atoms with Gasteiger partial charge in [-0.25, -0.2) is 0 Å². The van der Waals surface area contributed by atoms with E-state index in [0.29, 0.717) is 12.8 Å². The summed E-state index contributed by atoms with van der Waals surface area (Å²) in [6.45, 7) is 0. The Hall–Kier alpha value is -0.460. The van der Waals surface area contributed by atoms with Crippen molar-refractivity contribution < 1.29 is 24.0 Å². The first kappa shape index (κ1) is 28.7. The van der Waals surface area contributed by atoms with Gasteiger partial charge in [0.15, 0.2) is 12.5 Å². The Balaban J connectivity index is -0.000000118. The van der Waals surface area contributed by atoms with Crippen LogP contribution in [0.1, 0.15) is 12.8 Å². The van der Waals surface area contributed by atoms with Crippen LogP contribution in [0.3, 0.4) is 0 Å². The standard InChI is InChI=1S/2C5H11NO2S.H3N.OS/c2*1-9-3-2-4(6)5(7)8;;1-2/h2*4H,2-3,6H2,1H3,(H,7,8);1H3;/t2*4-;;/m00../s1. The summed E-state index contributed by atoms with van der Waals surface area (Å²) in [5.41, 5.74) is 10.4. The van der Waals surface area contributed by atoms with Gasteiger partial charge in [0.1, 0.15) is 12.1 Å². The lowest BCUT2D eigenvalue weighted by Gasteiger charge is -2.02. The zero-order valence-electron chi connectivity index (χ0n) is 12.2. The van der Waals surface area contributed by atoms with Gasteiger partial charge in [0, 0.05) is 0 Å². The largest absolute Gasteiger partial charge is 0.480 e. The fraction of sp³-hybridized carbons (Fsp3) is 0.800. The summed E-state index contributed by atoms with van der Waals surface area (Å²) >= 11 is 6.04. The van der Waals surface area contributed by atoms with E-state index in [9.17, 15) is 9.59 Å². The molecule has 9 N–H and O–H groups in total. The van der Waals surface area contributed by atoms with Crippen molar-refractivity contribution >= 4 is 48.0 Å².